The summed E-state index contributed by atoms with van der Waals surface area (Å²) < 4.78 is 5.29. The molecule has 0 aliphatic carbocycles. The molecule has 0 saturated carbocycles. The number of hydrogen-bond donors (Lipinski definition) is 2. The third-order valence-electron chi connectivity index (χ3n) is 5.33. The number of piperidine rings is 1. The van der Waals surface area contributed by atoms with Gasteiger partial charge in [-0.25, -0.2) is 9.97 Å². The van der Waals surface area contributed by atoms with Crippen LogP contribution in [0.2, 0.25) is 0 Å². The number of ether oxygens (including phenoxy) is 1. The molecule has 1 saturated heterocycles. The zero-order chi connectivity index (χ0) is 19.5. The SMILES string of the molecule is COc1ccc(-c2cccc3ncnc(N4CCCC(/C(N)=N/N)C4)c23)cc1. The monoisotopic (exact) mass is 376 g/mol. The molecule has 4 N–H and O–H groups in total. The van der Waals surface area contributed by atoms with Crippen LogP contribution in [0, 0.1) is 5.92 Å². The van der Waals surface area contributed by atoms with Gasteiger partial charge in [0.2, 0.25) is 0 Å². The predicted octanol–water partition coefficient (Wildman–Crippen LogP) is 2.75. The summed E-state index contributed by atoms with van der Waals surface area (Å²) >= 11 is 0. The second kappa shape index (κ2) is 7.72. The highest BCUT2D eigenvalue weighted by molar-refractivity contribution is 6.02. The van der Waals surface area contributed by atoms with Gasteiger partial charge in [0.15, 0.2) is 0 Å². The molecule has 7 nitrogen and oxygen atoms in total. The molecule has 3 aromatic rings. The summed E-state index contributed by atoms with van der Waals surface area (Å²) in [5.41, 5.74) is 9.11. The zero-order valence-electron chi connectivity index (χ0n) is 15.9. The summed E-state index contributed by atoms with van der Waals surface area (Å²) in [6, 6.07) is 14.2. The normalized spacial score (nSPS) is 17.7. The van der Waals surface area contributed by atoms with Crippen molar-refractivity contribution in [1.82, 2.24) is 9.97 Å². The van der Waals surface area contributed by atoms with Crippen molar-refractivity contribution < 1.29 is 4.74 Å². The van der Waals surface area contributed by atoms with Gasteiger partial charge in [-0.15, -0.1) is 0 Å². The van der Waals surface area contributed by atoms with Crippen LogP contribution in [0.1, 0.15) is 12.8 Å². The van der Waals surface area contributed by atoms with Gasteiger partial charge in [-0.05, 0) is 42.2 Å². The van der Waals surface area contributed by atoms with Crippen molar-refractivity contribution in [3.05, 3.63) is 48.8 Å². The zero-order valence-corrected chi connectivity index (χ0v) is 15.9. The lowest BCUT2D eigenvalue weighted by Gasteiger charge is -2.33. The van der Waals surface area contributed by atoms with Crippen LogP contribution in [0.5, 0.6) is 5.75 Å². The Kier molecular flexibility index (Phi) is 4.97. The van der Waals surface area contributed by atoms with Crippen molar-refractivity contribution in [3.63, 3.8) is 0 Å². The van der Waals surface area contributed by atoms with E-state index in [9.17, 15) is 0 Å². The van der Waals surface area contributed by atoms with Gasteiger partial charge >= 0.3 is 0 Å². The van der Waals surface area contributed by atoms with Crippen LogP contribution < -0.4 is 21.2 Å². The van der Waals surface area contributed by atoms with E-state index in [1.165, 1.54) is 0 Å². The van der Waals surface area contributed by atoms with Gasteiger partial charge in [0, 0.05) is 19.0 Å². The fourth-order valence-electron chi connectivity index (χ4n) is 3.86. The summed E-state index contributed by atoms with van der Waals surface area (Å²) in [6.45, 7) is 1.66. The minimum absolute atomic E-state index is 0.136. The topological polar surface area (TPSA) is 103 Å². The van der Waals surface area contributed by atoms with E-state index in [2.05, 4.69) is 38.2 Å². The quantitative estimate of drug-likeness (QED) is 0.314. The number of rotatable bonds is 4. The Labute approximate surface area is 164 Å². The maximum atomic E-state index is 6.00. The van der Waals surface area contributed by atoms with Crippen LogP contribution in [0.3, 0.4) is 0 Å². The van der Waals surface area contributed by atoms with E-state index in [1.54, 1.807) is 13.4 Å². The number of methoxy groups -OCH3 is 1. The molecule has 28 heavy (non-hydrogen) atoms. The average Bonchev–Trinajstić information content (AvgIpc) is 2.78. The van der Waals surface area contributed by atoms with Gasteiger partial charge in [0.05, 0.1) is 18.0 Å². The summed E-state index contributed by atoms with van der Waals surface area (Å²) in [6.07, 6.45) is 3.62. The third kappa shape index (κ3) is 3.31. The standard InChI is InChI=1S/C21H24N6O/c1-28-16-9-7-14(8-10-16)17-5-2-6-18-19(17)21(25-13-24-18)27-11-3-4-15(12-27)20(22)26-23/h2,5-10,13,15H,3-4,11-12,23H2,1H3,(H2,22,26). The number of hydrazone groups is 1. The van der Waals surface area contributed by atoms with Crippen molar-refractivity contribution in [2.24, 2.45) is 22.6 Å². The highest BCUT2D eigenvalue weighted by Gasteiger charge is 2.25. The summed E-state index contributed by atoms with van der Waals surface area (Å²) in [5.74, 6) is 7.80. The van der Waals surface area contributed by atoms with E-state index in [4.69, 9.17) is 16.3 Å². The molecule has 1 unspecified atom stereocenters. The number of benzene rings is 2. The van der Waals surface area contributed by atoms with Gasteiger partial charge in [0.1, 0.15) is 23.7 Å². The minimum atomic E-state index is 0.136. The van der Waals surface area contributed by atoms with Gasteiger partial charge in [0.25, 0.3) is 0 Å². The molecule has 0 radical (unpaired) electrons. The van der Waals surface area contributed by atoms with Crippen LogP contribution in [0.4, 0.5) is 5.82 Å². The van der Waals surface area contributed by atoms with Gasteiger partial charge < -0.3 is 21.2 Å². The Bertz CT molecular complexity index is 996. The van der Waals surface area contributed by atoms with E-state index in [1.807, 2.05) is 24.3 Å². The van der Waals surface area contributed by atoms with Crippen LogP contribution in [-0.2, 0) is 0 Å². The first kappa shape index (κ1) is 18.0. The maximum Gasteiger partial charge on any atom is 0.140 e. The van der Waals surface area contributed by atoms with E-state index in [-0.39, 0.29) is 5.92 Å². The second-order valence-electron chi connectivity index (χ2n) is 6.96. The Hall–Kier alpha value is -3.35. The van der Waals surface area contributed by atoms with Gasteiger partial charge in [-0.3, -0.25) is 0 Å². The molecule has 4 rings (SSSR count). The third-order valence-corrected chi connectivity index (χ3v) is 5.33. The van der Waals surface area contributed by atoms with Crippen molar-refractivity contribution >= 4 is 22.6 Å². The Morgan fingerprint density at radius 2 is 2.00 bits per heavy atom. The first-order valence-corrected chi connectivity index (χ1v) is 9.37. The molecular formula is C21H24N6O. The van der Waals surface area contributed by atoms with Gasteiger partial charge in [-0.2, -0.15) is 5.10 Å². The molecule has 1 aromatic heterocycles. The Balaban J connectivity index is 1.81. The van der Waals surface area contributed by atoms with E-state index in [0.29, 0.717) is 5.84 Å². The fraction of sp³-hybridized carbons (Fsp3) is 0.286. The highest BCUT2D eigenvalue weighted by Crippen LogP contribution is 2.35. The van der Waals surface area contributed by atoms with Crippen molar-refractivity contribution in [2.75, 3.05) is 25.1 Å². The minimum Gasteiger partial charge on any atom is -0.497 e. The Morgan fingerprint density at radius 3 is 2.75 bits per heavy atom. The smallest absolute Gasteiger partial charge is 0.140 e. The van der Waals surface area contributed by atoms with E-state index in [0.717, 1.165) is 59.5 Å². The number of hydrogen-bond acceptors (Lipinski definition) is 6. The summed E-state index contributed by atoms with van der Waals surface area (Å²) in [7, 11) is 1.67. The molecule has 1 aliphatic heterocycles. The summed E-state index contributed by atoms with van der Waals surface area (Å²) in [4.78, 5) is 11.4. The molecule has 0 spiro atoms. The molecule has 1 aliphatic rings. The highest BCUT2D eigenvalue weighted by atomic mass is 16.5. The van der Waals surface area contributed by atoms with Crippen LogP contribution in [-0.4, -0.2) is 36.0 Å². The first-order valence-electron chi connectivity index (χ1n) is 9.37. The van der Waals surface area contributed by atoms with Crippen LogP contribution in [0.15, 0.2) is 53.9 Å². The molecule has 0 bridgehead atoms. The van der Waals surface area contributed by atoms with Crippen molar-refractivity contribution in [1.29, 1.82) is 0 Å². The molecule has 0 amide bonds. The molecule has 2 heterocycles. The number of amidine groups is 1. The number of anilines is 1. The maximum absolute atomic E-state index is 6.00. The molecule has 1 atom stereocenters. The van der Waals surface area contributed by atoms with Crippen molar-refractivity contribution in [3.8, 4) is 16.9 Å². The van der Waals surface area contributed by atoms with E-state index < -0.39 is 0 Å². The predicted molar refractivity (Wildman–Crippen MR) is 112 cm³/mol. The largest absolute Gasteiger partial charge is 0.497 e. The molecule has 144 valence electrons. The molecular weight excluding hydrogens is 352 g/mol. The Morgan fingerprint density at radius 1 is 1.18 bits per heavy atom. The molecule has 2 aromatic carbocycles. The second-order valence-corrected chi connectivity index (χ2v) is 6.96. The lowest BCUT2D eigenvalue weighted by molar-refractivity contribution is 0.415. The summed E-state index contributed by atoms with van der Waals surface area (Å²) in [5, 5.41) is 4.75. The number of nitrogens with zero attached hydrogens (tertiary/aromatic N) is 4. The van der Waals surface area contributed by atoms with E-state index >= 15 is 0 Å². The lowest BCUT2D eigenvalue weighted by Crippen LogP contribution is -2.42. The van der Waals surface area contributed by atoms with Crippen LogP contribution in [0.25, 0.3) is 22.0 Å². The lowest BCUT2D eigenvalue weighted by atomic mass is 9.95. The first-order chi connectivity index (χ1) is 13.7. The number of nitrogens with two attached hydrogens (primary N) is 2. The number of fused-ring (bicyclic) bond motifs is 1. The average molecular weight is 376 g/mol. The fourth-order valence-corrected chi connectivity index (χ4v) is 3.86. The number of aromatic nitrogens is 2. The molecule has 7 heteroatoms. The van der Waals surface area contributed by atoms with Gasteiger partial charge in [-0.1, -0.05) is 24.3 Å². The molecule has 1 fully saturated rings. The van der Waals surface area contributed by atoms with Crippen LogP contribution >= 0.6 is 0 Å². The van der Waals surface area contributed by atoms with Crippen molar-refractivity contribution in [2.45, 2.75) is 12.8 Å².